The highest BCUT2D eigenvalue weighted by atomic mass is 31.2. The Hall–Kier alpha value is -3.00. The molecule has 0 radical (unpaired) electrons. The maximum atomic E-state index is 12.9. The summed E-state index contributed by atoms with van der Waals surface area (Å²) in [5, 5.41) is 0. The van der Waals surface area contributed by atoms with Gasteiger partial charge in [0.25, 0.3) is 11.5 Å². The largest absolute Gasteiger partial charge is 0.510 e. The molecule has 192 valence electrons. The molecule has 0 unspecified atom stereocenters. The lowest BCUT2D eigenvalue weighted by Gasteiger charge is -2.19. The summed E-state index contributed by atoms with van der Waals surface area (Å²) in [5.74, 6) is -0.987. The Labute approximate surface area is 194 Å². The Bertz CT molecular complexity index is 901. The van der Waals surface area contributed by atoms with Crippen molar-refractivity contribution in [1.29, 1.82) is 0 Å². The predicted octanol–water partition coefficient (Wildman–Crippen LogP) is 1.58. The predicted molar refractivity (Wildman–Crippen MR) is 113 cm³/mol. The molecular weight excluding hydrogens is 481 g/mol. The number of carbonyl (C=O) groups excluding carboxylic acids is 3. The normalized spacial score (nSPS) is 11.4. The molecule has 15 nitrogen and oxygen atoms in total. The van der Waals surface area contributed by atoms with E-state index in [1.54, 1.807) is 27.7 Å². The van der Waals surface area contributed by atoms with Crippen LogP contribution in [0.2, 0.25) is 0 Å². The van der Waals surface area contributed by atoms with Crippen molar-refractivity contribution in [2.75, 3.05) is 26.5 Å². The molecule has 0 bridgehead atoms. The third-order valence-electron chi connectivity index (χ3n) is 3.39. The topological polar surface area (TPSA) is 194 Å². The standard InChI is InChI=1S/C18H28N3O12P/c1-12(2)32-17(24)28-9-30-34(26,31-10-29-18(25)33-13(3)4)11-27-8-7-21-6-5-20-14(15(19)22)16(21)23/h5-6,12-13H,7-11H2,1-4H3,(H2,19,22). The van der Waals surface area contributed by atoms with Crippen molar-refractivity contribution in [1.82, 2.24) is 9.55 Å². The lowest BCUT2D eigenvalue weighted by molar-refractivity contribution is -0.0344. The number of nitrogens with zero attached hydrogens (tertiary/aromatic N) is 2. The Kier molecular flexibility index (Phi) is 12.2. The fourth-order valence-electron chi connectivity index (χ4n) is 2.01. The van der Waals surface area contributed by atoms with Crippen molar-refractivity contribution in [3.63, 3.8) is 0 Å². The van der Waals surface area contributed by atoms with E-state index in [1.807, 2.05) is 0 Å². The van der Waals surface area contributed by atoms with Crippen LogP contribution in [-0.4, -0.2) is 66.5 Å². The van der Waals surface area contributed by atoms with Crippen LogP contribution in [0, 0.1) is 0 Å². The zero-order valence-electron chi connectivity index (χ0n) is 19.2. The Morgan fingerprint density at radius 1 is 1.03 bits per heavy atom. The summed E-state index contributed by atoms with van der Waals surface area (Å²) in [5.41, 5.74) is 3.90. The van der Waals surface area contributed by atoms with E-state index < -0.39 is 69.2 Å². The minimum Gasteiger partial charge on any atom is -0.432 e. The fourth-order valence-corrected chi connectivity index (χ4v) is 3.01. The summed E-state index contributed by atoms with van der Waals surface area (Å²) in [6, 6.07) is 0. The van der Waals surface area contributed by atoms with E-state index in [9.17, 15) is 23.7 Å². The van der Waals surface area contributed by atoms with Crippen LogP contribution >= 0.6 is 7.60 Å². The molecule has 1 aromatic rings. The van der Waals surface area contributed by atoms with Crippen LogP contribution in [0.3, 0.4) is 0 Å². The first-order valence-electron chi connectivity index (χ1n) is 9.91. The summed E-state index contributed by atoms with van der Waals surface area (Å²) >= 11 is 0. The van der Waals surface area contributed by atoms with Gasteiger partial charge in [-0.05, 0) is 27.7 Å². The number of primary amides is 1. The molecule has 0 saturated heterocycles. The number of carbonyl (C=O) groups is 3. The van der Waals surface area contributed by atoms with Crippen LogP contribution in [0.4, 0.5) is 9.59 Å². The summed E-state index contributed by atoms with van der Waals surface area (Å²) in [6.07, 6.45) is -1.20. The van der Waals surface area contributed by atoms with Gasteiger partial charge in [-0.3, -0.25) is 23.2 Å². The molecular formula is C18H28N3O12P. The molecule has 2 N–H and O–H groups in total. The minimum atomic E-state index is -4.12. The number of nitrogens with two attached hydrogens (primary N) is 1. The number of hydrogen-bond acceptors (Lipinski definition) is 13. The van der Waals surface area contributed by atoms with Gasteiger partial charge >= 0.3 is 19.9 Å². The minimum absolute atomic E-state index is 0.0595. The molecule has 16 heteroatoms. The van der Waals surface area contributed by atoms with Crippen LogP contribution in [-0.2, 0) is 43.8 Å². The molecule has 1 aromatic heterocycles. The molecule has 0 aliphatic carbocycles. The molecule has 0 spiro atoms. The van der Waals surface area contributed by atoms with Crippen LogP contribution in [0.15, 0.2) is 17.2 Å². The second-order valence-electron chi connectivity index (χ2n) is 6.90. The van der Waals surface area contributed by atoms with E-state index in [2.05, 4.69) is 14.5 Å². The van der Waals surface area contributed by atoms with Gasteiger partial charge < -0.3 is 34.0 Å². The van der Waals surface area contributed by atoms with Gasteiger partial charge in [0.05, 0.1) is 18.8 Å². The number of hydrogen-bond donors (Lipinski definition) is 1. The molecule has 1 amide bonds. The molecule has 0 aliphatic heterocycles. The quantitative estimate of drug-likeness (QED) is 0.164. The van der Waals surface area contributed by atoms with Crippen LogP contribution in [0.25, 0.3) is 0 Å². The highest BCUT2D eigenvalue weighted by Gasteiger charge is 2.27. The number of ether oxygens (including phenoxy) is 5. The van der Waals surface area contributed by atoms with Crippen molar-refractivity contribution in [3.8, 4) is 0 Å². The summed E-state index contributed by atoms with van der Waals surface area (Å²) < 4.78 is 47.9. The Morgan fingerprint density at radius 2 is 1.56 bits per heavy atom. The third kappa shape index (κ3) is 11.2. The second kappa shape index (κ2) is 14.3. The molecule has 1 heterocycles. The first-order valence-corrected chi connectivity index (χ1v) is 11.6. The molecule has 0 atom stereocenters. The van der Waals surface area contributed by atoms with Gasteiger partial charge in [-0.1, -0.05) is 0 Å². The van der Waals surface area contributed by atoms with Crippen LogP contribution < -0.4 is 11.3 Å². The first kappa shape index (κ1) is 29.0. The van der Waals surface area contributed by atoms with Crippen molar-refractivity contribution in [3.05, 3.63) is 28.4 Å². The summed E-state index contributed by atoms with van der Waals surface area (Å²) in [4.78, 5) is 49.7. The van der Waals surface area contributed by atoms with E-state index in [0.717, 1.165) is 4.57 Å². The van der Waals surface area contributed by atoms with E-state index in [-0.39, 0.29) is 13.2 Å². The monoisotopic (exact) mass is 509 g/mol. The summed E-state index contributed by atoms with van der Waals surface area (Å²) in [7, 11) is -4.12. The molecule has 0 aliphatic rings. The molecule has 0 aromatic carbocycles. The number of amides is 1. The molecule has 1 rings (SSSR count). The lowest BCUT2D eigenvalue weighted by Crippen LogP contribution is -2.31. The van der Waals surface area contributed by atoms with Gasteiger partial charge in [-0.15, -0.1) is 0 Å². The fraction of sp³-hybridized carbons (Fsp3) is 0.611. The average molecular weight is 509 g/mol. The van der Waals surface area contributed by atoms with Gasteiger partial charge in [-0.2, -0.15) is 0 Å². The van der Waals surface area contributed by atoms with Gasteiger partial charge in [0.15, 0.2) is 5.69 Å². The molecule has 0 saturated carbocycles. The zero-order valence-corrected chi connectivity index (χ0v) is 20.1. The van der Waals surface area contributed by atoms with E-state index in [0.29, 0.717) is 0 Å². The van der Waals surface area contributed by atoms with Gasteiger partial charge in [0.2, 0.25) is 13.6 Å². The first-order chi connectivity index (χ1) is 15.9. The van der Waals surface area contributed by atoms with Crippen LogP contribution in [0.1, 0.15) is 38.2 Å². The van der Waals surface area contributed by atoms with E-state index in [4.69, 9.17) is 29.0 Å². The average Bonchev–Trinajstić information content (AvgIpc) is 2.71. The summed E-state index contributed by atoms with van der Waals surface area (Å²) in [6.45, 7) is 4.52. The SMILES string of the molecule is CC(C)OC(=O)OCOP(=O)(COCCn1ccnc(C(N)=O)c1=O)OCOC(=O)OC(C)C. The van der Waals surface area contributed by atoms with Crippen molar-refractivity contribution < 1.29 is 51.7 Å². The molecule has 0 fully saturated rings. The lowest BCUT2D eigenvalue weighted by atomic mass is 10.4. The molecule has 34 heavy (non-hydrogen) atoms. The van der Waals surface area contributed by atoms with Gasteiger partial charge in [-0.25, -0.2) is 14.6 Å². The number of aromatic nitrogens is 2. The maximum Gasteiger partial charge on any atom is 0.510 e. The van der Waals surface area contributed by atoms with Gasteiger partial charge in [0.1, 0.15) is 6.35 Å². The Balaban J connectivity index is 2.66. The smallest absolute Gasteiger partial charge is 0.432 e. The Morgan fingerprint density at radius 3 is 2.03 bits per heavy atom. The van der Waals surface area contributed by atoms with E-state index >= 15 is 0 Å². The van der Waals surface area contributed by atoms with Crippen molar-refractivity contribution in [2.45, 2.75) is 46.4 Å². The second-order valence-corrected chi connectivity index (χ2v) is 8.90. The number of rotatable bonds is 14. The highest BCUT2D eigenvalue weighted by Crippen LogP contribution is 2.48. The maximum absolute atomic E-state index is 12.9. The van der Waals surface area contributed by atoms with E-state index in [1.165, 1.54) is 12.4 Å². The highest BCUT2D eigenvalue weighted by molar-refractivity contribution is 7.53. The van der Waals surface area contributed by atoms with Crippen molar-refractivity contribution >= 4 is 25.8 Å². The van der Waals surface area contributed by atoms with Gasteiger partial charge in [0, 0.05) is 18.9 Å². The van der Waals surface area contributed by atoms with Crippen LogP contribution in [0.5, 0.6) is 0 Å². The van der Waals surface area contributed by atoms with Crippen molar-refractivity contribution in [2.24, 2.45) is 5.73 Å². The zero-order chi connectivity index (χ0) is 25.7. The third-order valence-corrected chi connectivity index (χ3v) is 4.89.